The lowest BCUT2D eigenvalue weighted by molar-refractivity contribution is 0.674. The van der Waals surface area contributed by atoms with E-state index >= 15 is 0 Å². The first-order valence-corrected chi connectivity index (χ1v) is 9.13. The summed E-state index contributed by atoms with van der Waals surface area (Å²) in [4.78, 5) is 8.72. The van der Waals surface area contributed by atoms with Crippen LogP contribution in [0.5, 0.6) is 0 Å². The van der Waals surface area contributed by atoms with Gasteiger partial charge in [0.2, 0.25) is 0 Å². The Hall–Kier alpha value is -1.95. The van der Waals surface area contributed by atoms with E-state index in [-0.39, 0.29) is 6.04 Å². The van der Waals surface area contributed by atoms with Crippen LogP contribution < -0.4 is 11.1 Å². The molecule has 0 aliphatic rings. The lowest BCUT2D eigenvalue weighted by Gasteiger charge is -2.15. The first-order valence-electron chi connectivity index (χ1n) is 7.96. The number of aromatic nitrogens is 2. The Labute approximate surface area is 160 Å². The number of nitrogens with zero attached hydrogens (tertiary/aromatic N) is 2. The molecule has 0 spiro atoms. The molecule has 3 N–H and O–H groups in total. The van der Waals surface area contributed by atoms with Gasteiger partial charge < -0.3 is 11.1 Å². The second kappa shape index (κ2) is 8.43. The summed E-state index contributed by atoms with van der Waals surface area (Å²) in [7, 11) is 0. The van der Waals surface area contributed by atoms with E-state index in [4.69, 9.17) is 17.3 Å². The van der Waals surface area contributed by atoms with Gasteiger partial charge in [-0.2, -0.15) is 0 Å². The predicted octanol–water partition coefficient (Wildman–Crippen LogP) is 5.06. The summed E-state index contributed by atoms with van der Waals surface area (Å²) in [5, 5.41) is 4.04. The molecule has 2 heterocycles. The maximum Gasteiger partial charge on any atom is 0.126 e. The Bertz CT molecular complexity index is 842. The number of nitrogens with two attached hydrogens (primary N) is 1. The summed E-state index contributed by atoms with van der Waals surface area (Å²) in [6.45, 7) is 0.705. The van der Waals surface area contributed by atoms with Gasteiger partial charge >= 0.3 is 0 Å². The lowest BCUT2D eigenvalue weighted by Crippen LogP contribution is -2.16. The molecule has 0 bridgehead atoms. The molecule has 25 heavy (non-hydrogen) atoms. The Kier molecular flexibility index (Phi) is 6.02. The molecule has 1 atom stereocenters. The molecule has 128 valence electrons. The lowest BCUT2D eigenvalue weighted by atomic mass is 10.0. The first-order chi connectivity index (χ1) is 12.1. The van der Waals surface area contributed by atoms with Gasteiger partial charge in [0.15, 0.2) is 0 Å². The highest BCUT2D eigenvalue weighted by Crippen LogP contribution is 2.27. The Morgan fingerprint density at radius 2 is 1.84 bits per heavy atom. The summed E-state index contributed by atoms with van der Waals surface area (Å²) in [6, 6.07) is 15.4. The van der Waals surface area contributed by atoms with E-state index in [1.807, 2.05) is 48.5 Å². The molecule has 3 rings (SSSR count). The molecule has 3 aromatic rings. The fourth-order valence-corrected chi connectivity index (χ4v) is 3.27. The van der Waals surface area contributed by atoms with Crippen molar-refractivity contribution in [1.29, 1.82) is 0 Å². The number of pyridine rings is 2. The van der Waals surface area contributed by atoms with Crippen LogP contribution in [0, 0.1) is 0 Å². The second-order valence-corrected chi connectivity index (χ2v) is 6.87. The molecule has 0 amide bonds. The highest BCUT2D eigenvalue weighted by molar-refractivity contribution is 9.10. The molecule has 0 saturated carbocycles. The van der Waals surface area contributed by atoms with Gasteiger partial charge in [0.05, 0.1) is 5.69 Å². The third kappa shape index (κ3) is 4.57. The largest absolute Gasteiger partial charge is 0.370 e. The second-order valence-electron chi connectivity index (χ2n) is 5.61. The minimum absolute atomic E-state index is 0.115. The van der Waals surface area contributed by atoms with Crippen molar-refractivity contribution >= 4 is 33.3 Å². The van der Waals surface area contributed by atoms with Crippen LogP contribution in [0.3, 0.4) is 0 Å². The molecule has 0 aliphatic heterocycles. The van der Waals surface area contributed by atoms with E-state index in [0.717, 1.165) is 33.5 Å². The van der Waals surface area contributed by atoms with Crippen molar-refractivity contribution in [2.75, 3.05) is 11.9 Å². The van der Waals surface area contributed by atoms with Crippen molar-refractivity contribution in [3.05, 3.63) is 76.0 Å². The summed E-state index contributed by atoms with van der Waals surface area (Å²) in [6.07, 6.45) is 4.27. The molecular weight excluding hydrogens is 400 g/mol. The zero-order valence-corrected chi connectivity index (χ0v) is 15.8. The van der Waals surface area contributed by atoms with Gasteiger partial charge in [-0.05, 0) is 58.2 Å². The molecule has 2 aromatic heterocycles. The highest BCUT2D eigenvalue weighted by Gasteiger charge is 2.10. The third-order valence-corrected chi connectivity index (χ3v) is 4.85. The summed E-state index contributed by atoms with van der Waals surface area (Å²) in [5.74, 6) is 0.807. The van der Waals surface area contributed by atoms with Gasteiger partial charge in [-0.3, -0.25) is 4.98 Å². The molecule has 0 radical (unpaired) electrons. The van der Waals surface area contributed by atoms with Crippen LogP contribution in [-0.2, 0) is 0 Å². The van der Waals surface area contributed by atoms with Crippen molar-refractivity contribution in [3.8, 4) is 11.3 Å². The van der Waals surface area contributed by atoms with E-state index in [9.17, 15) is 0 Å². The van der Waals surface area contributed by atoms with Crippen LogP contribution in [0.2, 0.25) is 5.02 Å². The Morgan fingerprint density at radius 3 is 2.60 bits per heavy atom. The van der Waals surface area contributed by atoms with Crippen molar-refractivity contribution in [3.63, 3.8) is 0 Å². The first kappa shape index (κ1) is 17.9. The van der Waals surface area contributed by atoms with Crippen molar-refractivity contribution in [2.24, 2.45) is 5.73 Å². The molecule has 0 fully saturated rings. The molecule has 1 aromatic carbocycles. The zero-order chi connectivity index (χ0) is 17.6. The fourth-order valence-electron chi connectivity index (χ4n) is 2.54. The zero-order valence-electron chi connectivity index (χ0n) is 13.5. The molecular formula is C19H18BrClN4. The van der Waals surface area contributed by atoms with Crippen molar-refractivity contribution in [2.45, 2.75) is 12.5 Å². The minimum atomic E-state index is -0.115. The van der Waals surface area contributed by atoms with Crippen LogP contribution in [0.1, 0.15) is 18.0 Å². The number of hydrogen-bond donors (Lipinski definition) is 2. The Morgan fingerprint density at radius 1 is 1.08 bits per heavy atom. The molecule has 6 heteroatoms. The van der Waals surface area contributed by atoms with E-state index < -0.39 is 0 Å². The van der Waals surface area contributed by atoms with Crippen LogP contribution in [0.15, 0.2) is 65.4 Å². The van der Waals surface area contributed by atoms with Gasteiger partial charge in [0.1, 0.15) is 5.82 Å². The van der Waals surface area contributed by atoms with Gasteiger partial charge in [-0.1, -0.05) is 29.8 Å². The van der Waals surface area contributed by atoms with Crippen LogP contribution in [-0.4, -0.2) is 16.5 Å². The summed E-state index contributed by atoms with van der Waals surface area (Å²) >= 11 is 9.75. The molecule has 0 saturated heterocycles. The van der Waals surface area contributed by atoms with Gasteiger partial charge in [0.25, 0.3) is 0 Å². The number of hydrogen-bond acceptors (Lipinski definition) is 4. The SMILES string of the molecule is N[C@@H](CCNc1ccc(Br)c(-c2ccncc2)n1)c1ccccc1Cl. The standard InChI is InChI=1S/C19H18BrClN4/c20-15-5-6-18(25-19(15)13-7-10-23-11-8-13)24-12-9-17(22)14-3-1-2-4-16(14)21/h1-8,10-11,17H,9,12,22H2,(H,24,25)/t17-/m0/s1. The highest BCUT2D eigenvalue weighted by atomic mass is 79.9. The number of anilines is 1. The van der Waals surface area contributed by atoms with Gasteiger partial charge in [-0.15, -0.1) is 0 Å². The quantitative estimate of drug-likeness (QED) is 0.588. The monoisotopic (exact) mass is 416 g/mol. The number of nitrogens with one attached hydrogen (secondary N) is 1. The van der Waals surface area contributed by atoms with E-state index in [2.05, 4.69) is 31.2 Å². The van der Waals surface area contributed by atoms with E-state index in [0.29, 0.717) is 11.6 Å². The number of halogens is 2. The molecule has 0 aliphatic carbocycles. The van der Waals surface area contributed by atoms with Crippen molar-refractivity contribution in [1.82, 2.24) is 9.97 Å². The van der Waals surface area contributed by atoms with Crippen LogP contribution in [0.25, 0.3) is 11.3 Å². The fraction of sp³-hybridized carbons (Fsp3) is 0.158. The van der Waals surface area contributed by atoms with E-state index in [1.54, 1.807) is 12.4 Å². The Balaban J connectivity index is 1.65. The smallest absolute Gasteiger partial charge is 0.126 e. The number of rotatable bonds is 6. The van der Waals surface area contributed by atoms with Crippen LogP contribution in [0.4, 0.5) is 5.82 Å². The number of benzene rings is 1. The van der Waals surface area contributed by atoms with Gasteiger partial charge in [0, 0.05) is 40.0 Å². The van der Waals surface area contributed by atoms with Gasteiger partial charge in [-0.25, -0.2) is 4.98 Å². The minimum Gasteiger partial charge on any atom is -0.370 e. The molecule has 4 nitrogen and oxygen atoms in total. The third-order valence-electron chi connectivity index (χ3n) is 3.87. The predicted molar refractivity (Wildman–Crippen MR) is 107 cm³/mol. The summed E-state index contributed by atoms with van der Waals surface area (Å²) in [5.41, 5.74) is 9.10. The maximum absolute atomic E-state index is 6.25. The van der Waals surface area contributed by atoms with Crippen LogP contribution >= 0.6 is 27.5 Å². The topological polar surface area (TPSA) is 63.8 Å². The van der Waals surface area contributed by atoms with E-state index in [1.165, 1.54) is 0 Å². The molecule has 0 unspecified atom stereocenters. The normalized spacial score (nSPS) is 12.0. The van der Waals surface area contributed by atoms with Crippen molar-refractivity contribution < 1.29 is 0 Å². The maximum atomic E-state index is 6.25. The summed E-state index contributed by atoms with van der Waals surface area (Å²) < 4.78 is 0.942. The average molecular weight is 418 g/mol. The average Bonchev–Trinajstić information content (AvgIpc) is 2.64.